The van der Waals surface area contributed by atoms with Crippen molar-refractivity contribution in [1.29, 1.82) is 0 Å². The summed E-state index contributed by atoms with van der Waals surface area (Å²) < 4.78 is 48.0. The minimum absolute atomic E-state index is 0.220. The molecule has 6 N–H and O–H groups in total. The Labute approximate surface area is 456 Å². The van der Waals surface area contributed by atoms with E-state index >= 15 is 0 Å². The van der Waals surface area contributed by atoms with Crippen molar-refractivity contribution in [2.75, 3.05) is 13.2 Å². The summed E-state index contributed by atoms with van der Waals surface area (Å²) in [5.74, 6) is -0.220. The van der Waals surface area contributed by atoms with Gasteiger partial charge in [0.25, 0.3) is 0 Å². The Morgan fingerprint density at radius 1 is 0.486 bits per heavy atom. The largest absolute Gasteiger partial charge is 0.397 e. The van der Waals surface area contributed by atoms with Crippen LogP contribution < -0.4 is 5.32 Å². The van der Waals surface area contributed by atoms with Crippen LogP contribution in [-0.4, -0.2) is 95.4 Å². The molecule has 0 aromatic heterocycles. The van der Waals surface area contributed by atoms with E-state index in [1.165, 1.54) is 250 Å². The quantitative estimate of drug-likeness (QED) is 0.0251. The lowest BCUT2D eigenvalue weighted by molar-refractivity contribution is -0.298. The fraction of sp³-hybridized carbons (Fsp3) is 0.984. The second-order valence-corrected chi connectivity index (χ2v) is 23.8. The van der Waals surface area contributed by atoms with Gasteiger partial charge in [0.15, 0.2) is 6.29 Å². The molecule has 0 bridgehead atoms. The standard InChI is InChI=1S/C61H121NO11S/c1-3-5-7-9-11-13-15-17-19-21-23-25-26-27-28-29-31-33-35-37-39-41-43-45-47-49-51-57(65)62-54(53-71-61-59(67)60(73-74(68,69)70)58(66)56(52-63)72-61)55(64)50-48-46-44-42-40-38-36-34-32-30-24-22-20-18-16-14-12-10-8-6-4-2/h54-56,58-61,63-64,66-67H,3-53H2,1-2H3,(H,62,65)(H,68,69,70). The molecule has 12 nitrogen and oxygen atoms in total. The van der Waals surface area contributed by atoms with E-state index < -0.39 is 59.9 Å². The molecule has 7 unspecified atom stereocenters. The van der Waals surface area contributed by atoms with Crippen LogP contribution in [-0.2, 0) is 28.9 Å². The molecular formula is C61H121NO11S. The molecule has 1 fully saturated rings. The van der Waals surface area contributed by atoms with Gasteiger partial charge in [0.05, 0.1) is 25.4 Å². The van der Waals surface area contributed by atoms with Crippen molar-refractivity contribution in [3.63, 3.8) is 0 Å². The van der Waals surface area contributed by atoms with Crippen molar-refractivity contribution in [2.45, 2.75) is 371 Å². The molecule has 1 rings (SSSR count). The Morgan fingerprint density at radius 3 is 1.08 bits per heavy atom. The molecule has 0 saturated carbocycles. The summed E-state index contributed by atoms with van der Waals surface area (Å²) in [6, 6.07) is -0.854. The van der Waals surface area contributed by atoms with Gasteiger partial charge in [-0.05, 0) is 12.8 Å². The van der Waals surface area contributed by atoms with Gasteiger partial charge in [-0.1, -0.05) is 309 Å². The van der Waals surface area contributed by atoms with Crippen LogP contribution in [0, 0.1) is 0 Å². The summed E-state index contributed by atoms with van der Waals surface area (Å²) in [6.45, 7) is 3.52. The molecule has 13 heteroatoms. The second kappa shape index (κ2) is 51.5. The van der Waals surface area contributed by atoms with Gasteiger partial charge in [-0.15, -0.1) is 0 Å². The number of aliphatic hydroxyl groups is 4. The average Bonchev–Trinajstić information content (AvgIpc) is 3.38. The van der Waals surface area contributed by atoms with Crippen LogP contribution in [0.15, 0.2) is 0 Å². The molecule has 1 amide bonds. The number of unbranched alkanes of at least 4 members (excludes halogenated alkanes) is 45. The molecule has 0 radical (unpaired) electrons. The predicted octanol–water partition coefficient (Wildman–Crippen LogP) is 15.6. The van der Waals surface area contributed by atoms with E-state index in [-0.39, 0.29) is 12.5 Å². The van der Waals surface area contributed by atoms with Crippen LogP contribution in [0.2, 0.25) is 0 Å². The smallest absolute Gasteiger partial charge is 0.394 e. The molecule has 74 heavy (non-hydrogen) atoms. The minimum Gasteiger partial charge on any atom is -0.394 e. The third kappa shape index (κ3) is 43.0. The highest BCUT2D eigenvalue weighted by atomic mass is 32.3. The number of hydrogen-bond donors (Lipinski definition) is 6. The zero-order valence-electron chi connectivity index (χ0n) is 48.2. The molecule has 1 aliphatic rings. The molecule has 0 aromatic rings. The van der Waals surface area contributed by atoms with Crippen LogP contribution in [0.25, 0.3) is 0 Å². The molecule has 0 aromatic carbocycles. The van der Waals surface area contributed by atoms with Crippen LogP contribution in [0.5, 0.6) is 0 Å². The Bertz CT molecular complexity index is 1310. The third-order valence-electron chi connectivity index (χ3n) is 15.7. The molecule has 0 spiro atoms. The Balaban J connectivity index is 2.28. The number of rotatable bonds is 57. The van der Waals surface area contributed by atoms with E-state index in [0.717, 1.165) is 51.4 Å². The van der Waals surface area contributed by atoms with Crippen LogP contribution in [0.4, 0.5) is 0 Å². The van der Waals surface area contributed by atoms with Gasteiger partial charge in [0.2, 0.25) is 5.91 Å². The van der Waals surface area contributed by atoms with E-state index in [0.29, 0.717) is 12.8 Å². The molecule has 1 saturated heterocycles. The van der Waals surface area contributed by atoms with E-state index in [2.05, 4.69) is 23.3 Å². The first kappa shape index (κ1) is 71.1. The normalized spacial score (nSPS) is 19.0. The van der Waals surface area contributed by atoms with Crippen molar-refractivity contribution >= 4 is 16.3 Å². The van der Waals surface area contributed by atoms with Crippen molar-refractivity contribution < 1.29 is 51.8 Å². The van der Waals surface area contributed by atoms with E-state index in [1.54, 1.807) is 0 Å². The number of ether oxygens (including phenoxy) is 2. The van der Waals surface area contributed by atoms with E-state index in [9.17, 15) is 38.2 Å². The maximum atomic E-state index is 13.2. The Morgan fingerprint density at radius 2 is 0.784 bits per heavy atom. The third-order valence-corrected chi connectivity index (χ3v) is 16.1. The van der Waals surface area contributed by atoms with Crippen LogP contribution in [0.3, 0.4) is 0 Å². The number of aliphatic hydroxyl groups excluding tert-OH is 4. The molecule has 1 heterocycles. The maximum absolute atomic E-state index is 13.2. The van der Waals surface area contributed by atoms with Gasteiger partial charge in [-0.3, -0.25) is 9.35 Å². The Kier molecular flexibility index (Phi) is 49.5. The summed E-state index contributed by atoms with van der Waals surface area (Å²) in [5.41, 5.74) is 0. The van der Waals surface area contributed by atoms with Crippen molar-refractivity contribution in [2.24, 2.45) is 0 Å². The van der Waals surface area contributed by atoms with Gasteiger partial charge < -0.3 is 35.2 Å². The van der Waals surface area contributed by atoms with Gasteiger partial charge >= 0.3 is 10.4 Å². The number of carbonyl (C=O) groups is 1. The van der Waals surface area contributed by atoms with Crippen LogP contribution in [0.1, 0.15) is 328 Å². The first-order valence-electron chi connectivity index (χ1n) is 31.9. The molecular weight excluding hydrogens is 955 g/mol. The Hall–Kier alpha value is -0.900. The summed E-state index contributed by atoms with van der Waals surface area (Å²) in [7, 11) is -5.08. The number of hydrogen-bond acceptors (Lipinski definition) is 10. The van der Waals surface area contributed by atoms with Gasteiger partial charge in [0, 0.05) is 6.42 Å². The summed E-state index contributed by atoms with van der Waals surface area (Å²) in [4.78, 5) is 13.2. The number of amides is 1. The zero-order chi connectivity index (χ0) is 54.0. The van der Waals surface area contributed by atoms with Gasteiger partial charge in [-0.2, -0.15) is 8.42 Å². The van der Waals surface area contributed by atoms with Crippen molar-refractivity contribution in [1.82, 2.24) is 5.32 Å². The summed E-state index contributed by atoms with van der Waals surface area (Å²) >= 11 is 0. The van der Waals surface area contributed by atoms with Crippen molar-refractivity contribution in [3.05, 3.63) is 0 Å². The lowest BCUT2D eigenvalue weighted by Crippen LogP contribution is -2.61. The number of carbonyl (C=O) groups excluding carboxylic acids is 1. The number of nitrogens with one attached hydrogen (secondary N) is 1. The molecule has 442 valence electrons. The van der Waals surface area contributed by atoms with Gasteiger partial charge in [-0.25, -0.2) is 4.18 Å². The van der Waals surface area contributed by atoms with E-state index in [4.69, 9.17) is 9.47 Å². The average molecular weight is 1080 g/mol. The minimum atomic E-state index is -5.08. The maximum Gasteiger partial charge on any atom is 0.397 e. The fourth-order valence-corrected chi connectivity index (χ4v) is 11.3. The van der Waals surface area contributed by atoms with Crippen molar-refractivity contribution in [3.8, 4) is 0 Å². The first-order chi connectivity index (χ1) is 36.0. The summed E-state index contributed by atoms with van der Waals surface area (Å²) in [5, 5.41) is 45.2. The molecule has 7 atom stereocenters. The molecule has 0 aliphatic carbocycles. The fourth-order valence-electron chi connectivity index (χ4n) is 10.8. The lowest BCUT2D eigenvalue weighted by Gasteiger charge is -2.41. The zero-order valence-corrected chi connectivity index (χ0v) is 49.0. The van der Waals surface area contributed by atoms with E-state index in [1.807, 2.05) is 0 Å². The highest BCUT2D eigenvalue weighted by Crippen LogP contribution is 2.26. The highest BCUT2D eigenvalue weighted by Gasteiger charge is 2.48. The summed E-state index contributed by atoms with van der Waals surface area (Å²) in [6.07, 6.45) is 52.6. The SMILES string of the molecule is CCCCCCCCCCCCCCCCCCCCCCCCCCCCC(=O)NC(COC1OC(CO)C(O)C(OS(=O)(=O)O)C1O)C(O)CCCCCCCCCCCCCCCCCCCCCCC. The first-order valence-corrected chi connectivity index (χ1v) is 33.3. The lowest BCUT2D eigenvalue weighted by atomic mass is 9.99. The molecule has 1 aliphatic heterocycles. The van der Waals surface area contributed by atoms with Gasteiger partial charge in [0.1, 0.15) is 24.4 Å². The monoisotopic (exact) mass is 1080 g/mol. The topological polar surface area (TPSA) is 192 Å². The highest BCUT2D eigenvalue weighted by molar-refractivity contribution is 7.80. The second-order valence-electron chi connectivity index (χ2n) is 22.7. The van der Waals surface area contributed by atoms with Crippen LogP contribution >= 0.6 is 0 Å². The predicted molar refractivity (Wildman–Crippen MR) is 306 cm³/mol.